The van der Waals surface area contributed by atoms with E-state index in [4.69, 9.17) is 16.9 Å². The summed E-state index contributed by atoms with van der Waals surface area (Å²) < 4.78 is -1.09. The first-order valence-electron chi connectivity index (χ1n) is 5.61. The molecule has 0 amide bonds. The maximum atomic E-state index is 12.1. The number of hydrogen-bond acceptors (Lipinski definition) is 5. The number of carbonyl (C=O) groups is 1. The van der Waals surface area contributed by atoms with E-state index in [1.54, 1.807) is 6.07 Å². The van der Waals surface area contributed by atoms with E-state index in [-0.39, 0.29) is 10.6 Å². The molecular weight excluding hydrogens is 364 g/mol. The molecule has 110 valence electrons. The Labute approximate surface area is 133 Å². The minimum absolute atomic E-state index is 0.101. The van der Waals surface area contributed by atoms with E-state index in [0.717, 1.165) is 6.07 Å². The van der Waals surface area contributed by atoms with Crippen molar-refractivity contribution in [1.82, 2.24) is 0 Å². The summed E-state index contributed by atoms with van der Waals surface area (Å²) in [6, 6.07) is 5.12. The third-order valence-electron chi connectivity index (χ3n) is 2.53. The number of carbonyl (C=O) groups excluding carboxylic acids is 1. The Morgan fingerprint density at radius 2 is 2.10 bits per heavy atom. The van der Waals surface area contributed by atoms with Gasteiger partial charge in [0.25, 0.3) is 5.69 Å². The Balaban J connectivity index is 3.58. The zero-order chi connectivity index (χ0) is 16.4. The summed E-state index contributed by atoms with van der Waals surface area (Å²) in [5, 5.41) is 30.3. The summed E-state index contributed by atoms with van der Waals surface area (Å²) in [6.07, 6.45) is 0. The predicted molar refractivity (Wildman–Crippen MR) is 81.3 cm³/mol. The number of halogens is 2. The van der Waals surface area contributed by atoms with Crippen LogP contribution in [0.4, 0.5) is 5.69 Å². The van der Waals surface area contributed by atoms with Gasteiger partial charge in [-0.25, -0.2) is 0 Å². The number of aliphatic hydroxyl groups excluding tert-OH is 1. The maximum Gasteiger partial charge on any atom is 0.281 e. The van der Waals surface area contributed by atoms with Gasteiger partial charge in [0.05, 0.1) is 14.8 Å². The lowest BCUT2D eigenvalue weighted by molar-refractivity contribution is -0.385. The fraction of sp³-hybridized carbons (Fsp3) is 0.231. The van der Waals surface area contributed by atoms with E-state index >= 15 is 0 Å². The van der Waals surface area contributed by atoms with Crippen molar-refractivity contribution in [2.24, 2.45) is 0 Å². The van der Waals surface area contributed by atoms with Crippen LogP contribution in [-0.2, 0) is 4.79 Å². The minimum Gasteiger partial charge on any atom is -0.506 e. The molecule has 0 fully saturated rings. The first-order chi connectivity index (χ1) is 9.59. The van der Waals surface area contributed by atoms with Gasteiger partial charge in [0.15, 0.2) is 11.5 Å². The first kappa shape index (κ1) is 17.1. The Bertz CT molecular complexity index is 686. The van der Waals surface area contributed by atoms with Crippen LogP contribution in [0.3, 0.4) is 0 Å². The van der Waals surface area contributed by atoms with E-state index in [9.17, 15) is 20.0 Å². The molecule has 0 aliphatic heterocycles. The molecule has 0 bridgehead atoms. The van der Waals surface area contributed by atoms with E-state index in [0.29, 0.717) is 0 Å². The highest BCUT2D eigenvalue weighted by Crippen LogP contribution is 2.31. The number of nitriles is 1. The Morgan fingerprint density at radius 1 is 1.52 bits per heavy atom. The number of ketones is 1. The molecule has 0 saturated heterocycles. The molecule has 0 aliphatic rings. The van der Waals surface area contributed by atoms with Gasteiger partial charge in [-0.15, -0.1) is 0 Å². The lowest BCUT2D eigenvalue weighted by Crippen LogP contribution is -2.26. The standard InChI is InChI=1S/C13H10BrClN2O4/c1-13(2,14)12(19)9(6-16)11(18)8-4-3-7(15)5-10(8)17(20)21/h3-5,18H,1-2H3/b11-9-. The molecule has 1 N–H and O–H groups in total. The van der Waals surface area contributed by atoms with Crippen LogP contribution in [0.25, 0.3) is 5.76 Å². The van der Waals surface area contributed by atoms with Crippen molar-refractivity contribution in [3.63, 3.8) is 0 Å². The predicted octanol–water partition coefficient (Wildman–Crippen LogP) is 3.78. The van der Waals surface area contributed by atoms with Gasteiger partial charge in [-0.1, -0.05) is 27.5 Å². The SMILES string of the molecule is CC(C)(Br)C(=O)/C(C#N)=C(\O)c1ccc(Cl)cc1[N+](=O)[O-]. The van der Waals surface area contributed by atoms with Crippen LogP contribution in [0.1, 0.15) is 19.4 Å². The van der Waals surface area contributed by atoms with Crippen molar-refractivity contribution >= 4 is 44.8 Å². The average Bonchev–Trinajstić information content (AvgIpc) is 2.37. The summed E-state index contributed by atoms with van der Waals surface area (Å²) in [5.74, 6) is -1.44. The Hall–Kier alpha value is -1.91. The second kappa shape index (κ2) is 6.24. The molecule has 21 heavy (non-hydrogen) atoms. The molecule has 0 aromatic heterocycles. The molecule has 0 radical (unpaired) electrons. The van der Waals surface area contributed by atoms with Gasteiger partial charge in [-0.2, -0.15) is 5.26 Å². The summed E-state index contributed by atoms with van der Waals surface area (Å²) in [5.41, 5.74) is -1.30. The fourth-order valence-electron chi connectivity index (χ4n) is 1.50. The molecular formula is C13H10BrClN2O4. The third-order valence-corrected chi connectivity index (χ3v) is 3.12. The number of allylic oxidation sites excluding steroid dienone is 1. The van der Waals surface area contributed by atoms with Crippen LogP contribution in [0.5, 0.6) is 0 Å². The summed E-state index contributed by atoms with van der Waals surface area (Å²) >= 11 is 8.76. The average molecular weight is 374 g/mol. The smallest absolute Gasteiger partial charge is 0.281 e. The number of nitro groups is 1. The molecule has 8 heteroatoms. The highest BCUT2D eigenvalue weighted by atomic mass is 79.9. The van der Waals surface area contributed by atoms with Gasteiger partial charge in [-0.3, -0.25) is 14.9 Å². The summed E-state index contributed by atoms with van der Waals surface area (Å²) in [6.45, 7) is 2.99. The van der Waals surface area contributed by atoms with Gasteiger partial charge in [-0.05, 0) is 26.0 Å². The summed E-state index contributed by atoms with van der Waals surface area (Å²) in [7, 11) is 0. The third kappa shape index (κ3) is 3.80. The topological polar surface area (TPSA) is 104 Å². The van der Waals surface area contributed by atoms with Crippen molar-refractivity contribution in [3.05, 3.63) is 44.5 Å². The zero-order valence-electron chi connectivity index (χ0n) is 11.1. The number of Topliss-reactive ketones (excluding diaryl/α,β-unsaturated/α-hetero) is 1. The number of benzene rings is 1. The zero-order valence-corrected chi connectivity index (χ0v) is 13.4. The van der Waals surface area contributed by atoms with Crippen LogP contribution in [0.2, 0.25) is 5.02 Å². The molecule has 1 rings (SSSR count). The largest absolute Gasteiger partial charge is 0.506 e. The monoisotopic (exact) mass is 372 g/mol. The fourth-order valence-corrected chi connectivity index (χ4v) is 1.86. The van der Waals surface area contributed by atoms with Crippen LogP contribution >= 0.6 is 27.5 Å². The van der Waals surface area contributed by atoms with Crippen LogP contribution in [0.15, 0.2) is 23.8 Å². The van der Waals surface area contributed by atoms with Crippen LogP contribution in [0, 0.1) is 21.4 Å². The van der Waals surface area contributed by atoms with Crippen molar-refractivity contribution in [1.29, 1.82) is 5.26 Å². The van der Waals surface area contributed by atoms with Crippen LogP contribution in [-0.4, -0.2) is 20.1 Å². The lowest BCUT2D eigenvalue weighted by atomic mass is 9.97. The minimum atomic E-state index is -1.09. The Kier molecular flexibility index (Phi) is 5.10. The summed E-state index contributed by atoms with van der Waals surface area (Å²) in [4.78, 5) is 22.3. The normalized spacial score (nSPS) is 12.3. The van der Waals surface area contributed by atoms with E-state index < -0.39 is 32.1 Å². The molecule has 6 nitrogen and oxygen atoms in total. The number of rotatable bonds is 4. The molecule has 1 aromatic carbocycles. The van der Waals surface area contributed by atoms with E-state index in [1.165, 1.54) is 26.0 Å². The van der Waals surface area contributed by atoms with Crippen molar-refractivity contribution in [2.45, 2.75) is 18.2 Å². The van der Waals surface area contributed by atoms with Crippen LogP contribution < -0.4 is 0 Å². The number of nitro benzene ring substituents is 1. The number of hydrogen-bond donors (Lipinski definition) is 1. The van der Waals surface area contributed by atoms with E-state index in [1.807, 2.05) is 0 Å². The molecule has 1 aromatic rings. The van der Waals surface area contributed by atoms with Gasteiger partial charge in [0.1, 0.15) is 11.6 Å². The second-order valence-electron chi connectivity index (χ2n) is 4.56. The van der Waals surface area contributed by atoms with Crippen molar-refractivity contribution in [3.8, 4) is 6.07 Å². The second-order valence-corrected chi connectivity index (χ2v) is 6.97. The van der Waals surface area contributed by atoms with Crippen molar-refractivity contribution < 1.29 is 14.8 Å². The molecule has 0 spiro atoms. The molecule has 0 saturated carbocycles. The van der Waals surface area contributed by atoms with Gasteiger partial charge < -0.3 is 5.11 Å². The Morgan fingerprint density at radius 3 is 2.52 bits per heavy atom. The number of aliphatic hydroxyl groups is 1. The number of nitrogens with zero attached hydrogens (tertiary/aromatic N) is 2. The molecule has 0 heterocycles. The molecule has 0 atom stereocenters. The lowest BCUT2D eigenvalue weighted by Gasteiger charge is -2.14. The first-order valence-corrected chi connectivity index (χ1v) is 6.78. The van der Waals surface area contributed by atoms with Crippen molar-refractivity contribution in [2.75, 3.05) is 0 Å². The van der Waals surface area contributed by atoms with E-state index in [2.05, 4.69) is 15.9 Å². The molecule has 0 aliphatic carbocycles. The quantitative estimate of drug-likeness (QED) is 0.216. The van der Waals surface area contributed by atoms with Gasteiger partial charge >= 0.3 is 0 Å². The highest BCUT2D eigenvalue weighted by molar-refractivity contribution is 9.10. The molecule has 0 unspecified atom stereocenters. The van der Waals surface area contributed by atoms with Gasteiger partial charge in [0, 0.05) is 11.1 Å². The van der Waals surface area contributed by atoms with Gasteiger partial charge in [0.2, 0.25) is 0 Å². The maximum absolute atomic E-state index is 12.1. The highest BCUT2D eigenvalue weighted by Gasteiger charge is 2.31. The number of alkyl halides is 1.